The molecule has 1 aliphatic rings. The van der Waals surface area contributed by atoms with Gasteiger partial charge in [0.05, 0.1) is 12.7 Å². The fourth-order valence-electron chi connectivity index (χ4n) is 3.07. The van der Waals surface area contributed by atoms with Gasteiger partial charge in [0, 0.05) is 6.42 Å². The molecule has 21 heavy (non-hydrogen) atoms. The van der Waals surface area contributed by atoms with Crippen LogP contribution in [-0.2, 0) is 12.8 Å². The van der Waals surface area contributed by atoms with Crippen molar-refractivity contribution in [2.24, 2.45) is 0 Å². The summed E-state index contributed by atoms with van der Waals surface area (Å²) in [6.45, 7) is 4.94. The molecule has 1 unspecified atom stereocenters. The van der Waals surface area contributed by atoms with Crippen molar-refractivity contribution in [3.05, 3.63) is 64.2 Å². The van der Waals surface area contributed by atoms with Crippen molar-refractivity contribution in [1.82, 2.24) is 0 Å². The molecule has 0 aromatic heterocycles. The summed E-state index contributed by atoms with van der Waals surface area (Å²) in [5.74, 6) is 1.02. The van der Waals surface area contributed by atoms with Crippen LogP contribution in [-0.4, -0.2) is 11.7 Å². The van der Waals surface area contributed by atoms with Crippen molar-refractivity contribution >= 4 is 0 Å². The van der Waals surface area contributed by atoms with Gasteiger partial charge in [-0.25, -0.2) is 0 Å². The van der Waals surface area contributed by atoms with Gasteiger partial charge >= 0.3 is 0 Å². The molecule has 110 valence electrons. The molecule has 1 atom stereocenters. The van der Waals surface area contributed by atoms with Crippen molar-refractivity contribution in [3.8, 4) is 5.75 Å². The molecule has 1 N–H and O–H groups in total. The second-order valence-electron chi connectivity index (χ2n) is 6.02. The van der Waals surface area contributed by atoms with Gasteiger partial charge in [0.2, 0.25) is 0 Å². The van der Waals surface area contributed by atoms with Crippen LogP contribution in [0.25, 0.3) is 0 Å². The molecule has 0 radical (unpaired) electrons. The second kappa shape index (κ2) is 5.90. The summed E-state index contributed by atoms with van der Waals surface area (Å²) in [4.78, 5) is 0. The second-order valence-corrected chi connectivity index (χ2v) is 6.02. The van der Waals surface area contributed by atoms with Crippen molar-refractivity contribution in [2.45, 2.75) is 39.2 Å². The Morgan fingerprint density at radius 3 is 2.62 bits per heavy atom. The van der Waals surface area contributed by atoms with E-state index in [1.54, 1.807) is 0 Å². The summed E-state index contributed by atoms with van der Waals surface area (Å²) >= 11 is 0. The van der Waals surface area contributed by atoms with Gasteiger partial charge in [0.15, 0.2) is 0 Å². The molecule has 1 aliphatic heterocycles. The molecule has 0 saturated heterocycles. The van der Waals surface area contributed by atoms with Crippen molar-refractivity contribution < 1.29 is 9.84 Å². The standard InChI is InChI=1S/C19H22O2/c1-13-9-14(2)11-17(10-13)18(20)5-3-15-4-6-19-16(12-15)7-8-21-19/h4,6,9-12,18,20H,3,5,7-8H2,1-2H3. The van der Waals surface area contributed by atoms with Crippen LogP contribution in [0.3, 0.4) is 0 Å². The summed E-state index contributed by atoms with van der Waals surface area (Å²) in [6, 6.07) is 12.7. The Labute approximate surface area is 126 Å². The molecule has 2 aromatic carbocycles. The molecule has 3 rings (SSSR count). The van der Waals surface area contributed by atoms with Crippen molar-refractivity contribution in [1.29, 1.82) is 0 Å². The molecule has 1 heterocycles. The fraction of sp³-hybridized carbons (Fsp3) is 0.368. The molecule has 0 fully saturated rings. The van der Waals surface area contributed by atoms with E-state index >= 15 is 0 Å². The van der Waals surface area contributed by atoms with Gasteiger partial charge in [0.1, 0.15) is 5.75 Å². The summed E-state index contributed by atoms with van der Waals surface area (Å²) in [5, 5.41) is 10.4. The van der Waals surface area contributed by atoms with E-state index < -0.39 is 6.10 Å². The van der Waals surface area contributed by atoms with Gasteiger partial charge in [-0.15, -0.1) is 0 Å². The van der Waals surface area contributed by atoms with Gasteiger partial charge < -0.3 is 9.84 Å². The number of ether oxygens (including phenoxy) is 1. The normalized spacial score (nSPS) is 14.6. The van der Waals surface area contributed by atoms with Crippen molar-refractivity contribution in [3.63, 3.8) is 0 Å². The number of hydrogen-bond donors (Lipinski definition) is 1. The molecule has 0 spiro atoms. The molecule has 2 nitrogen and oxygen atoms in total. The quantitative estimate of drug-likeness (QED) is 0.921. The lowest BCUT2D eigenvalue weighted by atomic mass is 9.97. The minimum Gasteiger partial charge on any atom is -0.493 e. The summed E-state index contributed by atoms with van der Waals surface area (Å²) < 4.78 is 5.53. The first-order chi connectivity index (χ1) is 10.1. The summed E-state index contributed by atoms with van der Waals surface area (Å²) in [5.41, 5.74) is 6.02. The highest BCUT2D eigenvalue weighted by atomic mass is 16.5. The smallest absolute Gasteiger partial charge is 0.122 e. The number of hydrogen-bond acceptors (Lipinski definition) is 2. The van der Waals surface area contributed by atoms with Crippen LogP contribution in [0.15, 0.2) is 36.4 Å². The number of aliphatic hydroxyl groups is 1. The highest BCUT2D eigenvalue weighted by Gasteiger charge is 2.13. The summed E-state index contributed by atoms with van der Waals surface area (Å²) in [7, 11) is 0. The fourth-order valence-corrected chi connectivity index (χ4v) is 3.07. The van der Waals surface area contributed by atoms with Crippen LogP contribution in [0, 0.1) is 13.8 Å². The Kier molecular flexibility index (Phi) is 3.98. The number of rotatable bonds is 4. The lowest BCUT2D eigenvalue weighted by molar-refractivity contribution is 0.167. The van der Waals surface area contributed by atoms with E-state index in [0.717, 1.165) is 37.2 Å². The first-order valence-electron chi connectivity index (χ1n) is 7.63. The zero-order valence-electron chi connectivity index (χ0n) is 12.7. The van der Waals surface area contributed by atoms with E-state index in [1.165, 1.54) is 22.3 Å². The molecular weight excluding hydrogens is 260 g/mol. The van der Waals surface area contributed by atoms with Crippen LogP contribution in [0.5, 0.6) is 5.75 Å². The molecule has 0 bridgehead atoms. The van der Waals surface area contributed by atoms with E-state index in [9.17, 15) is 5.11 Å². The van der Waals surface area contributed by atoms with E-state index in [0.29, 0.717) is 0 Å². The minimum absolute atomic E-state index is 0.395. The maximum atomic E-state index is 10.4. The Morgan fingerprint density at radius 1 is 1.10 bits per heavy atom. The van der Waals surface area contributed by atoms with Crippen LogP contribution >= 0.6 is 0 Å². The lowest BCUT2D eigenvalue weighted by Crippen LogP contribution is -2.01. The van der Waals surface area contributed by atoms with Gasteiger partial charge in [0.25, 0.3) is 0 Å². The maximum absolute atomic E-state index is 10.4. The van der Waals surface area contributed by atoms with Gasteiger partial charge in [-0.2, -0.15) is 0 Å². The highest BCUT2D eigenvalue weighted by molar-refractivity contribution is 5.40. The average Bonchev–Trinajstić information content (AvgIpc) is 2.91. The topological polar surface area (TPSA) is 29.5 Å². The van der Waals surface area contributed by atoms with Crippen LogP contribution in [0.1, 0.15) is 40.3 Å². The van der Waals surface area contributed by atoms with Gasteiger partial charge in [-0.3, -0.25) is 0 Å². The number of fused-ring (bicyclic) bond motifs is 1. The maximum Gasteiger partial charge on any atom is 0.122 e. The first kappa shape index (κ1) is 14.2. The third-order valence-corrected chi connectivity index (χ3v) is 4.09. The van der Waals surface area contributed by atoms with Gasteiger partial charge in [-0.1, -0.05) is 41.5 Å². The van der Waals surface area contributed by atoms with Crippen LogP contribution in [0.2, 0.25) is 0 Å². The zero-order valence-corrected chi connectivity index (χ0v) is 12.7. The zero-order chi connectivity index (χ0) is 14.8. The van der Waals surface area contributed by atoms with E-state index in [-0.39, 0.29) is 0 Å². The molecule has 2 heteroatoms. The highest BCUT2D eigenvalue weighted by Crippen LogP contribution is 2.27. The lowest BCUT2D eigenvalue weighted by Gasteiger charge is -2.13. The predicted octanol–water partition coefficient (Wildman–Crippen LogP) is 3.90. The Bertz CT molecular complexity index is 626. The summed E-state index contributed by atoms with van der Waals surface area (Å²) in [6.07, 6.45) is 2.25. The van der Waals surface area contributed by atoms with Crippen molar-refractivity contribution in [2.75, 3.05) is 6.61 Å². The number of benzene rings is 2. The Balaban J connectivity index is 1.66. The SMILES string of the molecule is Cc1cc(C)cc(C(O)CCc2ccc3c(c2)CCO3)c1. The number of aryl methyl sites for hydroxylation is 3. The predicted molar refractivity (Wildman–Crippen MR) is 84.8 cm³/mol. The van der Waals surface area contributed by atoms with Crippen LogP contribution < -0.4 is 4.74 Å². The molecule has 0 amide bonds. The third-order valence-electron chi connectivity index (χ3n) is 4.09. The molecule has 2 aromatic rings. The monoisotopic (exact) mass is 282 g/mol. The molecule has 0 aliphatic carbocycles. The number of aliphatic hydroxyl groups excluding tert-OH is 1. The first-order valence-corrected chi connectivity index (χ1v) is 7.63. The molecular formula is C19H22O2. The Hall–Kier alpha value is -1.80. The third kappa shape index (κ3) is 3.27. The largest absolute Gasteiger partial charge is 0.493 e. The average molecular weight is 282 g/mol. The van der Waals surface area contributed by atoms with Gasteiger partial charge in [-0.05, 0) is 49.4 Å². The minimum atomic E-state index is -0.395. The molecule has 0 saturated carbocycles. The van der Waals surface area contributed by atoms with Crippen LogP contribution in [0.4, 0.5) is 0 Å². The van der Waals surface area contributed by atoms with E-state index in [4.69, 9.17) is 4.74 Å². The Morgan fingerprint density at radius 2 is 1.86 bits per heavy atom. The van der Waals surface area contributed by atoms with E-state index in [1.807, 2.05) is 0 Å². The van der Waals surface area contributed by atoms with E-state index in [2.05, 4.69) is 50.2 Å².